The lowest BCUT2D eigenvalue weighted by atomic mass is 9.98. The summed E-state index contributed by atoms with van der Waals surface area (Å²) < 4.78 is 11.1. The van der Waals surface area contributed by atoms with Gasteiger partial charge in [-0.2, -0.15) is 0 Å². The first-order chi connectivity index (χ1) is 20.4. The standard InChI is InChI=1S/C35H36NO5P/c1-4-40-34(38)33(32(37)31(26(2)3)36-35(39)41-25-27-17-9-5-10-18-27)42(28-19-11-6-12-20-28,29-21-13-7-14-22-29)30-23-15-8-16-24-30/h5-24,26,31H,4,25H2,1-3H3,(H,36,39). The normalized spacial score (nSPS) is 11.8. The molecular formula is C35H36NO5P. The Hall–Kier alpha value is -4.41. The van der Waals surface area contributed by atoms with Crippen molar-refractivity contribution in [2.24, 2.45) is 5.92 Å². The lowest BCUT2D eigenvalue weighted by Crippen LogP contribution is -2.51. The van der Waals surface area contributed by atoms with Gasteiger partial charge in [-0.25, -0.2) is 9.59 Å². The van der Waals surface area contributed by atoms with E-state index in [2.05, 4.69) is 5.32 Å². The Balaban J connectivity index is 1.96. The van der Waals surface area contributed by atoms with Gasteiger partial charge in [0.15, 0.2) is 5.78 Å². The highest BCUT2D eigenvalue weighted by atomic mass is 31.2. The van der Waals surface area contributed by atoms with Gasteiger partial charge in [0.05, 0.1) is 12.6 Å². The molecule has 0 aromatic heterocycles. The molecule has 1 atom stereocenters. The fourth-order valence-corrected chi connectivity index (χ4v) is 9.30. The first-order valence-electron chi connectivity index (χ1n) is 14.0. The minimum absolute atomic E-state index is 0.0232. The summed E-state index contributed by atoms with van der Waals surface area (Å²) in [6.07, 6.45) is -0.739. The summed E-state index contributed by atoms with van der Waals surface area (Å²) in [4.78, 5) is 41.9. The molecule has 42 heavy (non-hydrogen) atoms. The maximum atomic E-state index is 14.8. The highest BCUT2D eigenvalue weighted by Crippen LogP contribution is 2.47. The molecule has 0 aliphatic heterocycles. The molecular weight excluding hydrogens is 545 g/mol. The molecule has 0 radical (unpaired) electrons. The van der Waals surface area contributed by atoms with Gasteiger partial charge in [0, 0.05) is 0 Å². The summed E-state index contributed by atoms with van der Waals surface area (Å²) in [5.74, 6) is -1.54. The minimum atomic E-state index is -3.11. The van der Waals surface area contributed by atoms with Gasteiger partial charge in [-0.05, 0) is 41.2 Å². The summed E-state index contributed by atoms with van der Waals surface area (Å²) in [7, 11) is 0. The van der Waals surface area contributed by atoms with Crippen LogP contribution in [0.5, 0.6) is 0 Å². The molecule has 0 heterocycles. The van der Waals surface area contributed by atoms with Gasteiger partial charge in [-0.3, -0.25) is 4.79 Å². The average molecular weight is 582 g/mol. The lowest BCUT2D eigenvalue weighted by Gasteiger charge is -2.33. The zero-order chi connectivity index (χ0) is 30.0. The van der Waals surface area contributed by atoms with Gasteiger partial charge in [-0.1, -0.05) is 135 Å². The fourth-order valence-electron chi connectivity index (χ4n) is 4.97. The van der Waals surface area contributed by atoms with E-state index in [0.717, 1.165) is 21.5 Å². The Morgan fingerprint density at radius 1 is 0.667 bits per heavy atom. The number of amides is 1. The monoisotopic (exact) mass is 581 g/mol. The topological polar surface area (TPSA) is 81.7 Å². The molecule has 0 bridgehead atoms. The molecule has 4 aromatic rings. The Bertz CT molecular complexity index is 1430. The number of rotatable bonds is 11. The third-order valence-electron chi connectivity index (χ3n) is 6.90. The van der Waals surface area contributed by atoms with E-state index in [0.29, 0.717) is 0 Å². The molecule has 0 aliphatic carbocycles. The van der Waals surface area contributed by atoms with Crippen LogP contribution in [0, 0.1) is 5.92 Å². The molecule has 0 saturated carbocycles. The van der Waals surface area contributed by atoms with Crippen molar-refractivity contribution in [2.75, 3.05) is 6.61 Å². The van der Waals surface area contributed by atoms with Crippen LogP contribution >= 0.6 is 6.89 Å². The van der Waals surface area contributed by atoms with Crippen LogP contribution in [0.3, 0.4) is 0 Å². The molecule has 4 rings (SSSR count). The van der Waals surface area contributed by atoms with Crippen LogP contribution in [-0.4, -0.2) is 35.8 Å². The number of ketones is 1. The van der Waals surface area contributed by atoms with Crippen LogP contribution in [0.1, 0.15) is 26.3 Å². The fraction of sp³-hybridized carbons (Fsp3) is 0.200. The first-order valence-corrected chi connectivity index (χ1v) is 15.8. The SMILES string of the molecule is CCOC(=O)C(C(=O)C(NC(=O)OCc1ccccc1)C(C)C)=P(c1ccccc1)(c1ccccc1)c1ccccc1. The van der Waals surface area contributed by atoms with Gasteiger partial charge in [0.1, 0.15) is 11.9 Å². The number of esters is 1. The third kappa shape index (κ3) is 6.72. The third-order valence-corrected chi connectivity index (χ3v) is 11.2. The van der Waals surface area contributed by atoms with Crippen LogP contribution in [-0.2, 0) is 25.7 Å². The zero-order valence-electron chi connectivity index (χ0n) is 24.1. The number of benzene rings is 4. The molecule has 1 amide bonds. The Morgan fingerprint density at radius 2 is 1.10 bits per heavy atom. The number of hydrogen-bond acceptors (Lipinski definition) is 5. The molecule has 4 aromatic carbocycles. The summed E-state index contributed by atoms with van der Waals surface area (Å²) in [6.45, 7) is 2.41. The second-order valence-electron chi connectivity index (χ2n) is 10.0. The predicted molar refractivity (Wildman–Crippen MR) is 170 cm³/mol. The van der Waals surface area contributed by atoms with Crippen molar-refractivity contribution in [1.29, 1.82) is 0 Å². The van der Waals surface area contributed by atoms with Crippen molar-refractivity contribution in [1.82, 2.24) is 5.32 Å². The van der Waals surface area contributed by atoms with Crippen molar-refractivity contribution >= 4 is 45.9 Å². The number of Topliss-reactive ketones (excluding diaryl/α,β-unsaturated/α-hetero) is 1. The molecule has 7 heteroatoms. The second-order valence-corrected chi connectivity index (χ2v) is 13.4. The van der Waals surface area contributed by atoms with Crippen LogP contribution in [0.4, 0.5) is 4.79 Å². The van der Waals surface area contributed by atoms with E-state index in [4.69, 9.17) is 9.47 Å². The van der Waals surface area contributed by atoms with Crippen LogP contribution in [0.25, 0.3) is 0 Å². The Kier molecular flexibility index (Phi) is 10.5. The number of carbonyl (C=O) groups is 3. The van der Waals surface area contributed by atoms with E-state index in [1.165, 1.54) is 0 Å². The average Bonchev–Trinajstić information content (AvgIpc) is 3.03. The molecule has 216 valence electrons. The van der Waals surface area contributed by atoms with E-state index in [9.17, 15) is 14.4 Å². The molecule has 0 saturated heterocycles. The molecule has 1 unspecified atom stereocenters. The van der Waals surface area contributed by atoms with Crippen molar-refractivity contribution in [3.8, 4) is 0 Å². The van der Waals surface area contributed by atoms with Crippen LogP contribution in [0.15, 0.2) is 121 Å². The minimum Gasteiger partial charge on any atom is -0.462 e. The quantitative estimate of drug-likeness (QED) is 0.149. The van der Waals surface area contributed by atoms with Crippen molar-refractivity contribution < 1.29 is 23.9 Å². The Morgan fingerprint density at radius 3 is 1.50 bits per heavy atom. The van der Waals surface area contributed by atoms with Gasteiger partial charge in [0.2, 0.25) is 0 Å². The van der Waals surface area contributed by atoms with Gasteiger partial charge < -0.3 is 14.8 Å². The predicted octanol–water partition coefficient (Wildman–Crippen LogP) is 5.24. The van der Waals surface area contributed by atoms with Gasteiger partial charge >= 0.3 is 12.1 Å². The summed E-state index contributed by atoms with van der Waals surface area (Å²) in [5, 5.41) is 5.27. The molecule has 1 N–H and O–H groups in total. The maximum absolute atomic E-state index is 14.8. The first kappa shape index (κ1) is 30.5. The summed E-state index contributed by atoms with van der Waals surface area (Å²) >= 11 is 0. The summed E-state index contributed by atoms with van der Waals surface area (Å²) in [5.41, 5.74) is 0.820. The molecule has 0 spiro atoms. The lowest BCUT2D eigenvalue weighted by molar-refractivity contribution is -0.135. The van der Waals surface area contributed by atoms with Crippen LogP contribution < -0.4 is 21.2 Å². The van der Waals surface area contributed by atoms with E-state index < -0.39 is 30.8 Å². The van der Waals surface area contributed by atoms with E-state index in [-0.39, 0.29) is 24.4 Å². The van der Waals surface area contributed by atoms with Crippen molar-refractivity contribution in [2.45, 2.75) is 33.4 Å². The number of hydrogen-bond donors (Lipinski definition) is 1. The highest BCUT2D eigenvalue weighted by molar-refractivity contribution is 7.97. The zero-order valence-corrected chi connectivity index (χ0v) is 25.0. The molecule has 6 nitrogen and oxygen atoms in total. The van der Waals surface area contributed by atoms with E-state index in [1.807, 2.05) is 135 Å². The summed E-state index contributed by atoms with van der Waals surface area (Å²) in [6, 6.07) is 37.1. The largest absolute Gasteiger partial charge is 0.462 e. The maximum Gasteiger partial charge on any atom is 0.408 e. The second kappa shape index (κ2) is 14.5. The number of carbonyl (C=O) groups excluding carboxylic acids is 3. The van der Waals surface area contributed by atoms with Gasteiger partial charge in [0.25, 0.3) is 0 Å². The number of nitrogens with one attached hydrogen (secondary N) is 1. The van der Waals surface area contributed by atoms with E-state index >= 15 is 0 Å². The van der Waals surface area contributed by atoms with Gasteiger partial charge in [-0.15, -0.1) is 0 Å². The number of alkyl carbamates (subject to hydrolysis) is 1. The Labute approximate surface area is 247 Å². The molecule has 0 fully saturated rings. The van der Waals surface area contributed by atoms with Crippen molar-refractivity contribution in [3.05, 3.63) is 127 Å². The van der Waals surface area contributed by atoms with E-state index in [1.54, 1.807) is 6.92 Å². The number of ether oxygens (including phenoxy) is 2. The van der Waals surface area contributed by atoms with Crippen LogP contribution in [0.2, 0.25) is 0 Å². The van der Waals surface area contributed by atoms with Crippen molar-refractivity contribution in [3.63, 3.8) is 0 Å². The molecule has 0 aliphatic rings. The smallest absolute Gasteiger partial charge is 0.408 e. The highest BCUT2D eigenvalue weighted by Gasteiger charge is 2.41.